The SMILES string of the molecule is C.C.C.CC(C)N(C)C[N+](C)(C)C(C)C.CC(C)[N+](C)(C)C(C)C.CC(C)[N+](C)(C)C[N+](C)(C)C(C)C. The first-order chi connectivity index (χ1) is 14.8. The highest BCUT2D eigenvalue weighted by atomic mass is 15.5. The summed E-state index contributed by atoms with van der Waals surface area (Å²) in [6, 6.07) is 4.16. The first kappa shape index (κ1) is 49.7. The van der Waals surface area contributed by atoms with Crippen LogP contribution in [0.3, 0.4) is 0 Å². The van der Waals surface area contributed by atoms with E-state index in [9.17, 15) is 0 Å². The molecule has 0 fully saturated rings. The normalized spacial score (nSPS) is 12.6. The number of rotatable bonds is 10. The van der Waals surface area contributed by atoms with Gasteiger partial charge in [-0.05, 0) is 90.1 Å². The van der Waals surface area contributed by atoms with Crippen LogP contribution in [0.5, 0.6) is 0 Å². The zero-order chi connectivity index (χ0) is 28.5. The number of hydrogen-bond acceptors (Lipinski definition) is 1. The second kappa shape index (κ2) is 19.8. The molecule has 0 aliphatic carbocycles. The number of hydrogen-bond donors (Lipinski definition) is 0. The summed E-state index contributed by atoms with van der Waals surface area (Å²) in [5, 5.41) is 0. The lowest BCUT2D eigenvalue weighted by atomic mass is 10.2. The lowest BCUT2D eigenvalue weighted by Gasteiger charge is -2.43. The van der Waals surface area contributed by atoms with Crippen LogP contribution in [0.15, 0.2) is 0 Å². The molecule has 5 heteroatoms. The first-order valence-electron chi connectivity index (χ1n) is 13.8. The molecule has 0 spiro atoms. The van der Waals surface area contributed by atoms with E-state index >= 15 is 0 Å². The van der Waals surface area contributed by atoms with E-state index in [1.165, 1.54) is 6.67 Å². The zero-order valence-corrected chi connectivity index (χ0v) is 28.1. The van der Waals surface area contributed by atoms with Gasteiger partial charge in [-0.15, -0.1) is 0 Å². The molecule has 0 radical (unpaired) electrons. The van der Waals surface area contributed by atoms with Crippen molar-refractivity contribution in [2.45, 2.75) is 142 Å². The molecule has 0 aromatic carbocycles. The van der Waals surface area contributed by atoms with E-state index in [1.54, 1.807) is 0 Å². The molecule has 0 saturated heterocycles. The zero-order valence-electron chi connectivity index (χ0n) is 28.1. The Labute approximate surface area is 241 Å². The number of quaternary nitrogens is 4. The molecule has 0 aromatic heterocycles. The van der Waals surface area contributed by atoms with Gasteiger partial charge in [-0.1, -0.05) is 22.3 Å². The Bertz CT molecular complexity index is 487. The predicted molar refractivity (Wildman–Crippen MR) is 177 cm³/mol. The molecule has 234 valence electrons. The highest BCUT2D eigenvalue weighted by Crippen LogP contribution is 2.14. The van der Waals surface area contributed by atoms with Crippen molar-refractivity contribution in [3.63, 3.8) is 0 Å². The van der Waals surface area contributed by atoms with Crippen molar-refractivity contribution in [3.05, 3.63) is 0 Å². The first-order valence-corrected chi connectivity index (χ1v) is 13.8. The molecule has 5 nitrogen and oxygen atoms in total. The van der Waals surface area contributed by atoms with Crippen LogP contribution < -0.4 is 0 Å². The highest BCUT2D eigenvalue weighted by Gasteiger charge is 2.32. The quantitative estimate of drug-likeness (QED) is 0.205. The third-order valence-corrected chi connectivity index (χ3v) is 9.05. The summed E-state index contributed by atoms with van der Waals surface area (Å²) in [5.41, 5.74) is 0. The maximum absolute atomic E-state index is 2.39. The Hall–Kier alpha value is -0.200. The molecule has 0 heterocycles. The fourth-order valence-electron chi connectivity index (χ4n) is 2.76. The minimum atomic E-state index is 0. The Balaban J connectivity index is -0.0000000950. The maximum Gasteiger partial charge on any atom is 0.207 e. The van der Waals surface area contributed by atoms with Crippen LogP contribution >= 0.6 is 0 Å². The van der Waals surface area contributed by atoms with Crippen molar-refractivity contribution in [2.75, 3.05) is 76.8 Å². The average Bonchev–Trinajstić information content (AvgIpc) is 2.60. The van der Waals surface area contributed by atoms with E-state index in [0.29, 0.717) is 24.2 Å². The molecular weight excluding hydrogens is 454 g/mol. The molecule has 0 aliphatic rings. The van der Waals surface area contributed by atoms with Crippen LogP contribution in [-0.2, 0) is 0 Å². The monoisotopic (exact) mass is 540 g/mol. The highest BCUT2D eigenvalue weighted by molar-refractivity contribution is 4.52. The Morgan fingerprint density at radius 1 is 0.432 bits per heavy atom. The molecule has 0 aliphatic heterocycles. The largest absolute Gasteiger partial charge is 0.325 e. The average molecular weight is 540 g/mol. The van der Waals surface area contributed by atoms with E-state index in [1.807, 2.05) is 0 Å². The van der Waals surface area contributed by atoms with E-state index in [-0.39, 0.29) is 22.3 Å². The molecule has 0 saturated carbocycles. The Kier molecular flexibility index (Phi) is 26.6. The van der Waals surface area contributed by atoms with Gasteiger partial charge >= 0.3 is 0 Å². The standard InChI is InChI=1S/C11H28N2.C10H25N2.C8H20N.3CH4/c1-10(2)12(5,6)9-13(7,8)11(3)4;1-9(2)11(5)8-12(6,7)10(3)4;1-7(2)9(5,6)8(3)4;;;/h10-11H,9H2,1-8H3;9-10H,8H2,1-7H3;7-8H,1-6H3;3*1H4/q+2;2*+1;;;. The van der Waals surface area contributed by atoms with Crippen LogP contribution in [0.2, 0.25) is 0 Å². The minimum absolute atomic E-state index is 0. The molecule has 0 amide bonds. The molecular formula is C32H85N5+4. The van der Waals surface area contributed by atoms with Gasteiger partial charge in [-0.3, -0.25) is 13.9 Å². The van der Waals surface area contributed by atoms with Crippen LogP contribution in [0.4, 0.5) is 0 Å². The minimum Gasteiger partial charge on any atom is -0.325 e. The summed E-state index contributed by atoms with van der Waals surface area (Å²) in [5.74, 6) is 0. The van der Waals surface area contributed by atoms with Crippen molar-refractivity contribution in [2.24, 2.45) is 0 Å². The molecule has 0 bridgehead atoms. The Morgan fingerprint density at radius 2 is 0.676 bits per heavy atom. The molecule has 0 N–H and O–H groups in total. The summed E-state index contributed by atoms with van der Waals surface area (Å²) in [4.78, 5) is 2.39. The summed E-state index contributed by atoms with van der Waals surface area (Å²) in [6.45, 7) is 29.6. The molecule has 0 atom stereocenters. The summed E-state index contributed by atoms with van der Waals surface area (Å²) in [7, 11) is 20.5. The van der Waals surface area contributed by atoms with Gasteiger partial charge in [0, 0.05) is 6.04 Å². The lowest BCUT2D eigenvalue weighted by Crippen LogP contribution is -2.60. The van der Waals surface area contributed by atoms with Gasteiger partial charge in [-0.2, -0.15) is 0 Å². The lowest BCUT2D eigenvalue weighted by molar-refractivity contribution is -1.09. The third kappa shape index (κ3) is 20.4. The van der Waals surface area contributed by atoms with Gasteiger partial charge < -0.3 is 8.97 Å². The molecule has 0 rings (SSSR count). The van der Waals surface area contributed by atoms with Crippen LogP contribution in [0, 0.1) is 0 Å². The predicted octanol–water partition coefficient (Wildman–Crippen LogP) is 7.47. The fourth-order valence-corrected chi connectivity index (χ4v) is 2.76. The number of nitrogens with zero attached hydrogens (tertiary/aromatic N) is 5. The van der Waals surface area contributed by atoms with Crippen LogP contribution in [-0.4, -0.2) is 136 Å². The summed E-state index contributed by atoms with van der Waals surface area (Å²) in [6.07, 6.45) is 0. The third-order valence-electron chi connectivity index (χ3n) is 9.05. The van der Waals surface area contributed by atoms with Crippen molar-refractivity contribution >= 4 is 0 Å². The van der Waals surface area contributed by atoms with E-state index in [4.69, 9.17) is 0 Å². The Morgan fingerprint density at radius 3 is 0.811 bits per heavy atom. The van der Waals surface area contributed by atoms with Gasteiger partial charge in [0.05, 0.1) is 86.6 Å². The van der Waals surface area contributed by atoms with Gasteiger partial charge in [0.2, 0.25) is 6.67 Å². The smallest absolute Gasteiger partial charge is 0.207 e. The molecule has 0 unspecified atom stereocenters. The van der Waals surface area contributed by atoms with Gasteiger partial charge in [0.25, 0.3) is 0 Å². The topological polar surface area (TPSA) is 3.24 Å². The fraction of sp³-hybridized carbons (Fsp3) is 1.00. The van der Waals surface area contributed by atoms with Crippen molar-refractivity contribution in [3.8, 4) is 0 Å². The summed E-state index contributed by atoms with van der Waals surface area (Å²) >= 11 is 0. The van der Waals surface area contributed by atoms with Crippen molar-refractivity contribution < 1.29 is 17.9 Å². The summed E-state index contributed by atoms with van der Waals surface area (Å²) < 4.78 is 4.35. The van der Waals surface area contributed by atoms with Gasteiger partial charge in [0.1, 0.15) is 6.67 Å². The van der Waals surface area contributed by atoms with E-state index < -0.39 is 0 Å². The van der Waals surface area contributed by atoms with Gasteiger partial charge in [-0.25, -0.2) is 0 Å². The second-order valence-corrected chi connectivity index (χ2v) is 14.6. The second-order valence-electron chi connectivity index (χ2n) is 14.6. The van der Waals surface area contributed by atoms with E-state index in [0.717, 1.165) is 36.7 Å². The van der Waals surface area contributed by atoms with Gasteiger partial charge in [0.15, 0.2) is 0 Å². The van der Waals surface area contributed by atoms with Crippen LogP contribution in [0.25, 0.3) is 0 Å². The molecule has 0 aromatic rings. The van der Waals surface area contributed by atoms with Crippen molar-refractivity contribution in [1.82, 2.24) is 4.90 Å². The maximum atomic E-state index is 2.39. The van der Waals surface area contributed by atoms with Crippen molar-refractivity contribution in [1.29, 1.82) is 0 Å². The van der Waals surface area contributed by atoms with E-state index in [2.05, 4.69) is 151 Å². The van der Waals surface area contributed by atoms with Crippen LogP contribution in [0.1, 0.15) is 105 Å². The molecule has 37 heavy (non-hydrogen) atoms.